The predicted molar refractivity (Wildman–Crippen MR) is 82.5 cm³/mol. The highest BCUT2D eigenvalue weighted by molar-refractivity contribution is 9.10. The van der Waals surface area contributed by atoms with Crippen LogP contribution < -0.4 is 5.32 Å². The van der Waals surface area contributed by atoms with Crippen LogP contribution in [0, 0.1) is 0 Å². The van der Waals surface area contributed by atoms with E-state index in [9.17, 15) is 0 Å². The number of rotatable bonds is 5. The highest BCUT2D eigenvalue weighted by Crippen LogP contribution is 2.26. The first-order valence-corrected chi connectivity index (χ1v) is 7.42. The molecule has 0 saturated heterocycles. The van der Waals surface area contributed by atoms with Gasteiger partial charge in [-0.2, -0.15) is 0 Å². The number of nitrogens with one attached hydrogen (secondary N) is 1. The minimum Gasteiger partial charge on any atom is -0.336 e. The molecule has 0 bridgehead atoms. The van der Waals surface area contributed by atoms with Crippen LogP contribution in [0.4, 0.5) is 0 Å². The van der Waals surface area contributed by atoms with Crippen LogP contribution in [0.1, 0.15) is 24.2 Å². The molecule has 0 saturated carbocycles. The summed E-state index contributed by atoms with van der Waals surface area (Å²) in [4.78, 5) is 4.19. The lowest BCUT2D eigenvalue weighted by molar-refractivity contribution is 0.521. The Labute approximate surface area is 127 Å². The van der Waals surface area contributed by atoms with Gasteiger partial charge >= 0.3 is 0 Å². The van der Waals surface area contributed by atoms with Crippen LogP contribution in [-0.2, 0) is 13.5 Å². The molecule has 0 aliphatic rings. The maximum atomic E-state index is 6.29. The fourth-order valence-electron chi connectivity index (χ4n) is 2.14. The Morgan fingerprint density at radius 3 is 2.84 bits per heavy atom. The molecule has 0 spiro atoms. The van der Waals surface area contributed by atoms with Crippen LogP contribution in [0.25, 0.3) is 0 Å². The van der Waals surface area contributed by atoms with Gasteiger partial charge in [-0.3, -0.25) is 0 Å². The van der Waals surface area contributed by atoms with Crippen molar-refractivity contribution >= 4 is 27.5 Å². The van der Waals surface area contributed by atoms with Gasteiger partial charge in [0.1, 0.15) is 0 Å². The van der Waals surface area contributed by atoms with Crippen LogP contribution in [0.2, 0.25) is 5.02 Å². The number of aryl methyl sites for hydroxylation is 1. The molecule has 3 nitrogen and oxygen atoms in total. The Balaban J connectivity index is 2.24. The van der Waals surface area contributed by atoms with Crippen molar-refractivity contribution in [3.63, 3.8) is 0 Å². The molecule has 1 aromatic heterocycles. The third-order valence-electron chi connectivity index (χ3n) is 3.10. The number of likely N-dealkylation sites (N-methyl/N-ethyl adjacent to an activating group) is 1. The SMILES string of the molecule is CCNC(Cc1ccc(Br)cc1Cl)c1cncn1C. The highest BCUT2D eigenvalue weighted by atomic mass is 79.9. The van der Waals surface area contributed by atoms with Crippen molar-refractivity contribution in [1.82, 2.24) is 14.9 Å². The number of aromatic nitrogens is 2. The van der Waals surface area contributed by atoms with Gasteiger partial charge in [0.25, 0.3) is 0 Å². The molecule has 1 heterocycles. The zero-order valence-electron chi connectivity index (χ0n) is 11.0. The van der Waals surface area contributed by atoms with Crippen molar-refractivity contribution < 1.29 is 0 Å². The minimum absolute atomic E-state index is 0.219. The third kappa shape index (κ3) is 3.59. The molecule has 0 fully saturated rings. The van der Waals surface area contributed by atoms with E-state index in [4.69, 9.17) is 11.6 Å². The minimum atomic E-state index is 0.219. The Morgan fingerprint density at radius 1 is 1.47 bits per heavy atom. The summed E-state index contributed by atoms with van der Waals surface area (Å²) in [5, 5.41) is 4.28. The Bertz CT molecular complexity index is 553. The summed E-state index contributed by atoms with van der Waals surface area (Å²) in [6.45, 7) is 3.01. The Kier molecular flexibility index (Phi) is 5.02. The summed E-state index contributed by atoms with van der Waals surface area (Å²) in [6.07, 6.45) is 4.57. The lowest BCUT2D eigenvalue weighted by Crippen LogP contribution is -2.24. The molecule has 0 radical (unpaired) electrons. The van der Waals surface area contributed by atoms with Gasteiger partial charge in [0.15, 0.2) is 0 Å². The molecule has 0 amide bonds. The van der Waals surface area contributed by atoms with Crippen molar-refractivity contribution in [3.05, 3.63) is 51.5 Å². The number of hydrogen-bond donors (Lipinski definition) is 1. The molecular formula is C14H17BrClN3. The first kappa shape index (κ1) is 14.6. The van der Waals surface area contributed by atoms with Gasteiger partial charge in [-0.25, -0.2) is 4.98 Å². The summed E-state index contributed by atoms with van der Waals surface area (Å²) < 4.78 is 3.04. The van der Waals surface area contributed by atoms with Gasteiger partial charge in [-0.1, -0.05) is 40.5 Å². The van der Waals surface area contributed by atoms with Crippen LogP contribution in [-0.4, -0.2) is 16.1 Å². The van der Waals surface area contributed by atoms with Crippen molar-refractivity contribution in [2.75, 3.05) is 6.54 Å². The molecule has 1 unspecified atom stereocenters. The number of halogens is 2. The van der Waals surface area contributed by atoms with Crippen molar-refractivity contribution in [2.45, 2.75) is 19.4 Å². The van der Waals surface area contributed by atoms with E-state index < -0.39 is 0 Å². The van der Waals surface area contributed by atoms with E-state index in [1.165, 1.54) is 5.69 Å². The molecule has 0 aliphatic heterocycles. The second-order valence-corrected chi connectivity index (χ2v) is 5.80. The molecule has 2 rings (SSSR count). The first-order chi connectivity index (χ1) is 9.11. The monoisotopic (exact) mass is 341 g/mol. The second kappa shape index (κ2) is 6.55. The largest absolute Gasteiger partial charge is 0.336 e. The molecule has 102 valence electrons. The van der Waals surface area contributed by atoms with Crippen molar-refractivity contribution in [3.8, 4) is 0 Å². The standard InChI is InChI=1S/C14H17BrClN3/c1-3-18-13(14-8-17-9-19(14)2)6-10-4-5-11(15)7-12(10)16/h4-5,7-9,13,18H,3,6H2,1-2H3. The van der Waals surface area contributed by atoms with Gasteiger partial charge < -0.3 is 9.88 Å². The van der Waals surface area contributed by atoms with E-state index in [0.717, 1.165) is 28.0 Å². The topological polar surface area (TPSA) is 29.9 Å². The molecule has 5 heteroatoms. The number of nitrogens with zero attached hydrogens (tertiary/aromatic N) is 2. The second-order valence-electron chi connectivity index (χ2n) is 4.48. The maximum absolute atomic E-state index is 6.29. The molecule has 0 aliphatic carbocycles. The lowest BCUT2D eigenvalue weighted by Gasteiger charge is -2.19. The normalized spacial score (nSPS) is 12.6. The van der Waals surface area contributed by atoms with Crippen LogP contribution in [0.5, 0.6) is 0 Å². The summed E-state index contributed by atoms with van der Waals surface area (Å²) in [5.41, 5.74) is 2.30. The zero-order chi connectivity index (χ0) is 13.8. The number of hydrogen-bond acceptors (Lipinski definition) is 2. The molecule has 19 heavy (non-hydrogen) atoms. The Morgan fingerprint density at radius 2 is 2.26 bits per heavy atom. The third-order valence-corrected chi connectivity index (χ3v) is 3.95. The summed E-state index contributed by atoms with van der Waals surface area (Å²) in [5.74, 6) is 0. The van der Waals surface area contributed by atoms with Crippen LogP contribution in [0.15, 0.2) is 35.2 Å². The predicted octanol–water partition coefficient (Wildman–Crippen LogP) is 3.73. The van der Waals surface area contributed by atoms with E-state index in [1.807, 2.05) is 36.3 Å². The quantitative estimate of drug-likeness (QED) is 0.897. The first-order valence-electron chi connectivity index (χ1n) is 6.25. The summed E-state index contributed by atoms with van der Waals surface area (Å²) in [6, 6.07) is 6.24. The fraction of sp³-hybridized carbons (Fsp3) is 0.357. The van der Waals surface area contributed by atoms with Crippen molar-refractivity contribution in [2.24, 2.45) is 7.05 Å². The smallest absolute Gasteiger partial charge is 0.0946 e. The molecule has 1 aromatic carbocycles. The molecule has 1 atom stereocenters. The van der Waals surface area contributed by atoms with Gasteiger partial charge in [0, 0.05) is 22.7 Å². The molecular weight excluding hydrogens is 326 g/mol. The van der Waals surface area contributed by atoms with Gasteiger partial charge in [-0.15, -0.1) is 0 Å². The summed E-state index contributed by atoms with van der Waals surface area (Å²) >= 11 is 9.72. The van der Waals surface area contributed by atoms with E-state index in [2.05, 4.69) is 39.2 Å². The average Bonchev–Trinajstić information content (AvgIpc) is 2.78. The van der Waals surface area contributed by atoms with Gasteiger partial charge in [0.05, 0.1) is 18.1 Å². The van der Waals surface area contributed by atoms with Crippen LogP contribution >= 0.6 is 27.5 Å². The van der Waals surface area contributed by atoms with Crippen molar-refractivity contribution in [1.29, 1.82) is 0 Å². The van der Waals surface area contributed by atoms with E-state index in [-0.39, 0.29) is 6.04 Å². The summed E-state index contributed by atoms with van der Waals surface area (Å²) in [7, 11) is 2.01. The highest BCUT2D eigenvalue weighted by Gasteiger charge is 2.16. The zero-order valence-corrected chi connectivity index (χ0v) is 13.4. The van der Waals surface area contributed by atoms with Gasteiger partial charge in [0.2, 0.25) is 0 Å². The number of imidazole rings is 1. The van der Waals surface area contributed by atoms with E-state index in [1.54, 1.807) is 0 Å². The number of benzene rings is 1. The van der Waals surface area contributed by atoms with E-state index in [0.29, 0.717) is 0 Å². The van der Waals surface area contributed by atoms with E-state index >= 15 is 0 Å². The maximum Gasteiger partial charge on any atom is 0.0946 e. The Hall–Kier alpha value is -0.840. The molecule has 1 N–H and O–H groups in total. The van der Waals surface area contributed by atoms with Crippen LogP contribution in [0.3, 0.4) is 0 Å². The van der Waals surface area contributed by atoms with Gasteiger partial charge in [-0.05, 0) is 30.7 Å². The lowest BCUT2D eigenvalue weighted by atomic mass is 10.0. The average molecular weight is 343 g/mol. The fourth-order valence-corrected chi connectivity index (χ4v) is 2.89. The molecule has 2 aromatic rings.